The topological polar surface area (TPSA) is 0 Å². The van der Waals surface area contributed by atoms with Gasteiger partial charge in [-0.15, -0.1) is 0 Å². The van der Waals surface area contributed by atoms with Crippen molar-refractivity contribution in [3.8, 4) is 0 Å². The molecule has 84 valence electrons. The zero-order valence-electron chi connectivity index (χ0n) is 10.8. The summed E-state index contributed by atoms with van der Waals surface area (Å²) in [7, 11) is 0. The third kappa shape index (κ3) is 3.00. The molecule has 0 aromatic rings. The number of hydrogen-bond donors (Lipinski definition) is 0. The molecule has 1 aliphatic carbocycles. The lowest BCUT2D eigenvalue weighted by Gasteiger charge is -2.15. The predicted molar refractivity (Wildman–Crippen MR) is 64.4 cm³/mol. The minimum atomic E-state index is 0.737. The third-order valence-corrected chi connectivity index (χ3v) is 4.70. The van der Waals surface area contributed by atoms with Crippen molar-refractivity contribution in [2.75, 3.05) is 0 Å². The largest absolute Gasteiger partial charge is 0.0649 e. The van der Waals surface area contributed by atoms with Gasteiger partial charge in [0.05, 0.1) is 0 Å². The highest BCUT2D eigenvalue weighted by Gasteiger charge is 2.47. The quantitative estimate of drug-likeness (QED) is 0.567. The first kappa shape index (κ1) is 12.1. The first-order valence-electron chi connectivity index (χ1n) is 6.49. The summed E-state index contributed by atoms with van der Waals surface area (Å²) in [4.78, 5) is 0. The first-order chi connectivity index (χ1) is 6.49. The maximum absolute atomic E-state index is 2.46. The normalized spacial score (nSPS) is 33.4. The van der Waals surface area contributed by atoms with Crippen molar-refractivity contribution in [1.82, 2.24) is 0 Å². The smallest absolute Gasteiger partial charge is 0.0297 e. The van der Waals surface area contributed by atoms with Crippen molar-refractivity contribution in [3.63, 3.8) is 0 Å². The summed E-state index contributed by atoms with van der Waals surface area (Å²) < 4.78 is 0. The molecule has 0 spiro atoms. The van der Waals surface area contributed by atoms with Crippen molar-refractivity contribution in [3.05, 3.63) is 0 Å². The standard InChI is InChI=1S/C14H28/c1-6-14(5)10-13(14)9-7-8-12(4)11(2)3/h11-13H,6-10H2,1-5H3. The maximum Gasteiger partial charge on any atom is -0.0297 e. The van der Waals surface area contributed by atoms with Gasteiger partial charge in [0.25, 0.3) is 0 Å². The van der Waals surface area contributed by atoms with Crippen LogP contribution in [-0.4, -0.2) is 0 Å². The van der Waals surface area contributed by atoms with Gasteiger partial charge in [-0.25, -0.2) is 0 Å². The van der Waals surface area contributed by atoms with E-state index >= 15 is 0 Å². The molecule has 0 saturated heterocycles. The van der Waals surface area contributed by atoms with Crippen LogP contribution in [0, 0.1) is 23.2 Å². The predicted octanol–water partition coefficient (Wildman–Crippen LogP) is 4.89. The van der Waals surface area contributed by atoms with Crippen molar-refractivity contribution in [1.29, 1.82) is 0 Å². The third-order valence-electron chi connectivity index (χ3n) is 4.70. The van der Waals surface area contributed by atoms with E-state index in [1.165, 1.54) is 32.1 Å². The van der Waals surface area contributed by atoms with E-state index in [0.717, 1.165) is 23.2 Å². The van der Waals surface area contributed by atoms with Crippen LogP contribution in [-0.2, 0) is 0 Å². The molecule has 3 unspecified atom stereocenters. The molecule has 0 N–H and O–H groups in total. The fraction of sp³-hybridized carbons (Fsp3) is 1.00. The van der Waals surface area contributed by atoms with Gasteiger partial charge < -0.3 is 0 Å². The van der Waals surface area contributed by atoms with Gasteiger partial charge in [-0.3, -0.25) is 0 Å². The zero-order valence-corrected chi connectivity index (χ0v) is 10.8. The molecule has 0 aromatic carbocycles. The molecule has 1 saturated carbocycles. The van der Waals surface area contributed by atoms with E-state index in [-0.39, 0.29) is 0 Å². The highest BCUT2D eigenvalue weighted by atomic mass is 14.5. The van der Waals surface area contributed by atoms with Crippen LogP contribution >= 0.6 is 0 Å². The number of hydrogen-bond acceptors (Lipinski definition) is 0. The van der Waals surface area contributed by atoms with Gasteiger partial charge in [0, 0.05) is 0 Å². The van der Waals surface area contributed by atoms with Crippen LogP contribution in [0.5, 0.6) is 0 Å². The van der Waals surface area contributed by atoms with Crippen molar-refractivity contribution < 1.29 is 0 Å². The Balaban J connectivity index is 2.06. The Morgan fingerprint density at radius 1 is 1.29 bits per heavy atom. The lowest BCUT2D eigenvalue weighted by Crippen LogP contribution is -2.04. The van der Waals surface area contributed by atoms with E-state index in [9.17, 15) is 0 Å². The maximum atomic E-state index is 2.46. The van der Waals surface area contributed by atoms with E-state index in [2.05, 4.69) is 34.6 Å². The molecule has 0 radical (unpaired) electrons. The van der Waals surface area contributed by atoms with E-state index in [0.29, 0.717) is 0 Å². The molecule has 14 heavy (non-hydrogen) atoms. The molecule has 1 aliphatic rings. The monoisotopic (exact) mass is 196 g/mol. The molecule has 0 nitrogen and oxygen atoms in total. The second kappa shape index (κ2) is 4.68. The van der Waals surface area contributed by atoms with E-state index in [1.54, 1.807) is 0 Å². The summed E-state index contributed by atoms with van der Waals surface area (Å²) >= 11 is 0. The minimum Gasteiger partial charge on any atom is -0.0649 e. The van der Waals surface area contributed by atoms with E-state index < -0.39 is 0 Å². The second-order valence-electron chi connectivity index (χ2n) is 6.06. The molecular weight excluding hydrogens is 168 g/mol. The fourth-order valence-corrected chi connectivity index (χ4v) is 2.41. The Morgan fingerprint density at radius 2 is 1.93 bits per heavy atom. The van der Waals surface area contributed by atoms with Gasteiger partial charge in [-0.05, 0) is 36.0 Å². The lowest BCUT2D eigenvalue weighted by molar-refractivity contribution is 0.363. The highest BCUT2D eigenvalue weighted by Crippen LogP contribution is 2.57. The van der Waals surface area contributed by atoms with Crippen molar-refractivity contribution >= 4 is 0 Å². The van der Waals surface area contributed by atoms with Crippen LogP contribution in [0.2, 0.25) is 0 Å². The van der Waals surface area contributed by atoms with Crippen LogP contribution in [0.1, 0.15) is 66.7 Å². The van der Waals surface area contributed by atoms with Gasteiger partial charge in [0.1, 0.15) is 0 Å². The van der Waals surface area contributed by atoms with Gasteiger partial charge >= 0.3 is 0 Å². The lowest BCUT2D eigenvalue weighted by atomic mass is 9.91. The average molecular weight is 196 g/mol. The van der Waals surface area contributed by atoms with Crippen molar-refractivity contribution in [2.45, 2.75) is 66.7 Å². The Hall–Kier alpha value is 0. The Bertz CT molecular complexity index is 171. The Kier molecular flexibility index (Phi) is 4.04. The Labute approximate surface area is 90.5 Å². The van der Waals surface area contributed by atoms with Gasteiger partial charge in [-0.1, -0.05) is 53.9 Å². The highest BCUT2D eigenvalue weighted by molar-refractivity contribution is 4.97. The SMILES string of the molecule is CCC1(C)CC1CCCC(C)C(C)C. The summed E-state index contributed by atoms with van der Waals surface area (Å²) in [6.45, 7) is 11.9. The Morgan fingerprint density at radius 3 is 2.36 bits per heavy atom. The molecule has 1 rings (SSSR count). The fourth-order valence-electron chi connectivity index (χ4n) is 2.41. The minimum absolute atomic E-state index is 0.737. The molecule has 3 atom stereocenters. The van der Waals surface area contributed by atoms with Gasteiger partial charge in [0.15, 0.2) is 0 Å². The molecule has 0 heterocycles. The average Bonchev–Trinajstić information content (AvgIpc) is 2.78. The summed E-state index contributed by atoms with van der Waals surface area (Å²) in [6, 6.07) is 0. The number of rotatable bonds is 6. The molecule has 0 bridgehead atoms. The van der Waals surface area contributed by atoms with Crippen LogP contribution in [0.3, 0.4) is 0 Å². The summed E-state index contributed by atoms with van der Waals surface area (Å²) in [6.07, 6.45) is 7.27. The zero-order chi connectivity index (χ0) is 10.8. The van der Waals surface area contributed by atoms with Crippen LogP contribution < -0.4 is 0 Å². The van der Waals surface area contributed by atoms with E-state index in [1.807, 2.05) is 0 Å². The second-order valence-corrected chi connectivity index (χ2v) is 6.06. The van der Waals surface area contributed by atoms with E-state index in [4.69, 9.17) is 0 Å². The summed E-state index contributed by atoms with van der Waals surface area (Å²) in [5, 5.41) is 0. The summed E-state index contributed by atoms with van der Waals surface area (Å²) in [5.74, 6) is 2.85. The van der Waals surface area contributed by atoms with Gasteiger partial charge in [-0.2, -0.15) is 0 Å². The molecule has 1 fully saturated rings. The van der Waals surface area contributed by atoms with Gasteiger partial charge in [0.2, 0.25) is 0 Å². The van der Waals surface area contributed by atoms with Crippen molar-refractivity contribution in [2.24, 2.45) is 23.2 Å². The molecule has 0 aromatic heterocycles. The summed E-state index contributed by atoms with van der Waals surface area (Å²) in [5.41, 5.74) is 0.737. The van der Waals surface area contributed by atoms with Crippen LogP contribution in [0.15, 0.2) is 0 Å². The molecular formula is C14H28. The molecule has 0 heteroatoms. The van der Waals surface area contributed by atoms with Crippen LogP contribution in [0.4, 0.5) is 0 Å². The first-order valence-corrected chi connectivity index (χ1v) is 6.49. The molecule has 0 amide bonds. The molecule has 0 aliphatic heterocycles. The van der Waals surface area contributed by atoms with Crippen LogP contribution in [0.25, 0.3) is 0 Å².